The number of thiophene rings is 1. The Morgan fingerprint density at radius 3 is 2.70 bits per heavy atom. The van der Waals surface area contributed by atoms with Crippen molar-refractivity contribution >= 4 is 23.2 Å². The monoisotopic (exact) mass is 468 g/mol. The molecular formula is C24H28N4O4S. The minimum atomic E-state index is -0.218. The molecule has 2 amide bonds. The van der Waals surface area contributed by atoms with Crippen molar-refractivity contribution in [2.24, 2.45) is 0 Å². The largest absolute Gasteiger partial charge is 0.482 e. The minimum Gasteiger partial charge on any atom is -0.482 e. The van der Waals surface area contributed by atoms with E-state index in [9.17, 15) is 9.59 Å². The van der Waals surface area contributed by atoms with Crippen LogP contribution in [0.5, 0.6) is 5.75 Å². The summed E-state index contributed by atoms with van der Waals surface area (Å²) in [7, 11) is 0. The smallest absolute Gasteiger partial charge is 0.265 e. The Morgan fingerprint density at radius 2 is 1.97 bits per heavy atom. The summed E-state index contributed by atoms with van der Waals surface area (Å²) in [4.78, 5) is 32.9. The Kier molecular flexibility index (Phi) is 7.72. The van der Waals surface area contributed by atoms with Gasteiger partial charge in [0.25, 0.3) is 11.8 Å². The first-order chi connectivity index (χ1) is 16.1. The maximum atomic E-state index is 12.9. The van der Waals surface area contributed by atoms with Gasteiger partial charge < -0.3 is 19.5 Å². The molecule has 0 bridgehead atoms. The Balaban J connectivity index is 1.40. The lowest BCUT2D eigenvalue weighted by Gasteiger charge is -2.26. The van der Waals surface area contributed by atoms with Gasteiger partial charge in [-0.05, 0) is 44.2 Å². The Hall–Kier alpha value is -3.20. The topological polar surface area (TPSA) is 97.6 Å². The fourth-order valence-corrected chi connectivity index (χ4v) is 4.75. The van der Waals surface area contributed by atoms with Gasteiger partial charge in [-0.1, -0.05) is 35.5 Å². The highest BCUT2D eigenvalue weighted by Gasteiger charge is 2.21. The molecule has 1 N–H and O–H groups in total. The molecule has 1 aromatic carbocycles. The summed E-state index contributed by atoms with van der Waals surface area (Å²) < 4.78 is 11.0. The van der Waals surface area contributed by atoms with Gasteiger partial charge in [0, 0.05) is 30.9 Å². The summed E-state index contributed by atoms with van der Waals surface area (Å²) in [5.41, 5.74) is 1.00. The molecule has 1 aliphatic rings. The molecule has 3 aromatic rings. The molecule has 1 fully saturated rings. The number of benzene rings is 1. The number of likely N-dealkylation sites (tertiary alicyclic amines) is 1. The van der Waals surface area contributed by atoms with Gasteiger partial charge in [-0.3, -0.25) is 9.59 Å². The molecule has 0 atom stereocenters. The second kappa shape index (κ2) is 11.1. The molecule has 8 nitrogen and oxygen atoms in total. The number of aryl methyl sites for hydroxylation is 2. The van der Waals surface area contributed by atoms with Gasteiger partial charge in [0.1, 0.15) is 10.6 Å². The third-order valence-corrected chi connectivity index (χ3v) is 6.61. The van der Waals surface area contributed by atoms with E-state index in [0.717, 1.165) is 42.8 Å². The van der Waals surface area contributed by atoms with E-state index in [1.165, 1.54) is 11.3 Å². The number of rotatable bonds is 9. The van der Waals surface area contributed by atoms with Gasteiger partial charge in [0.15, 0.2) is 12.4 Å². The Morgan fingerprint density at radius 1 is 1.18 bits per heavy atom. The predicted octanol–water partition coefficient (Wildman–Crippen LogP) is 3.86. The fraction of sp³-hybridized carbons (Fsp3) is 0.417. The molecule has 3 heterocycles. The lowest BCUT2D eigenvalue weighted by molar-refractivity contribution is -0.134. The molecule has 9 heteroatoms. The maximum Gasteiger partial charge on any atom is 0.265 e. The number of hydrogen-bond acceptors (Lipinski definition) is 7. The second-order valence-electron chi connectivity index (χ2n) is 7.99. The average molecular weight is 469 g/mol. The van der Waals surface area contributed by atoms with E-state index in [1.807, 2.05) is 41.3 Å². The van der Waals surface area contributed by atoms with Crippen LogP contribution in [0, 0.1) is 6.92 Å². The molecule has 0 radical (unpaired) electrons. The van der Waals surface area contributed by atoms with Crippen LogP contribution in [0.1, 0.15) is 47.1 Å². The van der Waals surface area contributed by atoms with E-state index in [1.54, 1.807) is 6.92 Å². The van der Waals surface area contributed by atoms with Crippen LogP contribution in [0.3, 0.4) is 0 Å². The number of amides is 2. The van der Waals surface area contributed by atoms with Gasteiger partial charge in [-0.15, -0.1) is 11.3 Å². The first kappa shape index (κ1) is 23.0. The third kappa shape index (κ3) is 6.19. The number of aromatic nitrogens is 2. The zero-order chi connectivity index (χ0) is 23.0. The van der Waals surface area contributed by atoms with Crippen LogP contribution in [0.25, 0.3) is 10.4 Å². The van der Waals surface area contributed by atoms with E-state index in [-0.39, 0.29) is 18.4 Å². The molecule has 0 unspecified atom stereocenters. The van der Waals surface area contributed by atoms with Gasteiger partial charge >= 0.3 is 0 Å². The number of nitrogens with one attached hydrogen (secondary N) is 1. The Labute approximate surface area is 196 Å². The van der Waals surface area contributed by atoms with Crippen LogP contribution in [-0.4, -0.2) is 53.1 Å². The molecular weight excluding hydrogens is 440 g/mol. The zero-order valence-electron chi connectivity index (χ0n) is 18.7. The van der Waals surface area contributed by atoms with Crippen molar-refractivity contribution in [3.05, 3.63) is 53.0 Å². The molecule has 0 aliphatic carbocycles. The van der Waals surface area contributed by atoms with Crippen molar-refractivity contribution < 1.29 is 18.8 Å². The molecule has 0 spiro atoms. The van der Waals surface area contributed by atoms with Crippen LogP contribution in [0.15, 0.2) is 40.9 Å². The normalized spacial score (nSPS) is 13.7. The standard InChI is InChI=1S/C24H28N4O4S/c1-17-26-21(32-27-17)11-8-12-25-24(30)23-19(15-20(33-23)18-9-4-2-5-10-18)31-16-22(29)28-13-6-3-7-14-28/h2,4-5,9-10,15H,3,6-8,11-14,16H2,1H3,(H,25,30). The van der Waals surface area contributed by atoms with E-state index < -0.39 is 0 Å². The van der Waals surface area contributed by atoms with E-state index in [2.05, 4.69) is 15.5 Å². The number of ether oxygens (including phenoxy) is 1. The highest BCUT2D eigenvalue weighted by molar-refractivity contribution is 7.17. The van der Waals surface area contributed by atoms with Gasteiger partial charge in [0.05, 0.1) is 0 Å². The molecule has 0 saturated carbocycles. The highest BCUT2D eigenvalue weighted by Crippen LogP contribution is 2.36. The number of hydrogen-bond donors (Lipinski definition) is 1. The van der Waals surface area contributed by atoms with Crippen LogP contribution < -0.4 is 10.1 Å². The molecule has 1 saturated heterocycles. The maximum absolute atomic E-state index is 12.9. The summed E-state index contributed by atoms with van der Waals surface area (Å²) in [6, 6.07) is 11.7. The fourth-order valence-electron chi connectivity index (χ4n) is 3.72. The summed E-state index contributed by atoms with van der Waals surface area (Å²) in [6.07, 6.45) is 4.48. The lowest BCUT2D eigenvalue weighted by atomic mass is 10.1. The van der Waals surface area contributed by atoms with Gasteiger partial charge in [0.2, 0.25) is 5.89 Å². The molecule has 174 valence electrons. The summed E-state index contributed by atoms with van der Waals surface area (Å²) in [5.74, 6) is 1.34. The summed E-state index contributed by atoms with van der Waals surface area (Å²) in [6.45, 7) is 3.71. The van der Waals surface area contributed by atoms with Crippen LogP contribution in [0.4, 0.5) is 0 Å². The van der Waals surface area contributed by atoms with E-state index >= 15 is 0 Å². The summed E-state index contributed by atoms with van der Waals surface area (Å²) in [5, 5.41) is 6.71. The van der Waals surface area contributed by atoms with Crippen molar-refractivity contribution in [3.8, 4) is 16.2 Å². The first-order valence-corrected chi connectivity index (χ1v) is 12.1. The minimum absolute atomic E-state index is 0.0385. The average Bonchev–Trinajstić information content (AvgIpc) is 3.47. The van der Waals surface area contributed by atoms with Crippen molar-refractivity contribution in [2.45, 2.75) is 39.0 Å². The van der Waals surface area contributed by atoms with E-state index in [0.29, 0.717) is 41.7 Å². The number of nitrogens with zero attached hydrogens (tertiary/aromatic N) is 3. The molecule has 2 aromatic heterocycles. The number of piperidine rings is 1. The van der Waals surface area contributed by atoms with Gasteiger partial charge in [-0.2, -0.15) is 4.98 Å². The van der Waals surface area contributed by atoms with Crippen molar-refractivity contribution in [2.75, 3.05) is 26.2 Å². The zero-order valence-corrected chi connectivity index (χ0v) is 19.5. The second-order valence-corrected chi connectivity index (χ2v) is 9.05. The van der Waals surface area contributed by atoms with Crippen molar-refractivity contribution in [3.63, 3.8) is 0 Å². The molecule has 1 aliphatic heterocycles. The highest BCUT2D eigenvalue weighted by atomic mass is 32.1. The molecule has 4 rings (SSSR count). The predicted molar refractivity (Wildman–Crippen MR) is 125 cm³/mol. The van der Waals surface area contributed by atoms with Crippen LogP contribution >= 0.6 is 11.3 Å². The first-order valence-electron chi connectivity index (χ1n) is 11.3. The molecule has 33 heavy (non-hydrogen) atoms. The van der Waals surface area contributed by atoms with Crippen molar-refractivity contribution in [1.29, 1.82) is 0 Å². The van der Waals surface area contributed by atoms with E-state index in [4.69, 9.17) is 9.26 Å². The third-order valence-electron chi connectivity index (χ3n) is 5.45. The quantitative estimate of drug-likeness (QED) is 0.479. The number of carbonyl (C=O) groups excluding carboxylic acids is 2. The Bertz CT molecular complexity index is 1070. The number of carbonyl (C=O) groups is 2. The SMILES string of the molecule is Cc1noc(CCCNC(=O)c2sc(-c3ccccc3)cc2OCC(=O)N2CCCCC2)n1. The van der Waals surface area contributed by atoms with Crippen LogP contribution in [0.2, 0.25) is 0 Å². The van der Waals surface area contributed by atoms with Crippen molar-refractivity contribution in [1.82, 2.24) is 20.4 Å². The summed E-state index contributed by atoms with van der Waals surface area (Å²) >= 11 is 1.36. The van der Waals surface area contributed by atoms with Crippen LogP contribution in [-0.2, 0) is 11.2 Å². The van der Waals surface area contributed by atoms with Gasteiger partial charge in [-0.25, -0.2) is 0 Å². The lowest BCUT2D eigenvalue weighted by Crippen LogP contribution is -2.38.